The van der Waals surface area contributed by atoms with Crippen molar-refractivity contribution in [3.63, 3.8) is 0 Å². The van der Waals surface area contributed by atoms with Gasteiger partial charge in [0.1, 0.15) is 11.4 Å². The number of aliphatic carboxylic acids is 1. The van der Waals surface area contributed by atoms with Gasteiger partial charge in [0.2, 0.25) is 0 Å². The zero-order chi connectivity index (χ0) is 22.4. The molecule has 164 valence electrons. The number of rotatable bonds is 6. The highest BCUT2D eigenvalue weighted by molar-refractivity contribution is 5.88. The van der Waals surface area contributed by atoms with Gasteiger partial charge in [-0.05, 0) is 56.5 Å². The summed E-state index contributed by atoms with van der Waals surface area (Å²) in [5.74, 6) is -0.530. The lowest BCUT2D eigenvalue weighted by Crippen LogP contribution is -2.45. The molecule has 0 aliphatic carbocycles. The molecule has 1 saturated heterocycles. The van der Waals surface area contributed by atoms with E-state index in [2.05, 4.69) is 22.0 Å². The van der Waals surface area contributed by atoms with Crippen LogP contribution in [0.25, 0.3) is 6.08 Å². The van der Waals surface area contributed by atoms with E-state index < -0.39 is 17.7 Å². The van der Waals surface area contributed by atoms with E-state index in [1.807, 2.05) is 39.0 Å². The molecule has 3 rings (SSSR count). The first-order chi connectivity index (χ1) is 14.7. The van der Waals surface area contributed by atoms with Crippen LogP contribution in [0, 0.1) is 0 Å². The fraction of sp³-hybridized carbons (Fsp3) is 0.375. The monoisotopic (exact) mass is 423 g/mol. The second-order valence-corrected chi connectivity index (χ2v) is 8.63. The van der Waals surface area contributed by atoms with Gasteiger partial charge < -0.3 is 9.84 Å². The van der Waals surface area contributed by atoms with Crippen LogP contribution in [0.1, 0.15) is 38.3 Å². The number of pyridine rings is 1. The predicted octanol–water partition coefficient (Wildman–Crippen LogP) is 4.20. The molecule has 0 radical (unpaired) electrons. The summed E-state index contributed by atoms with van der Waals surface area (Å²) in [6.45, 7) is 7.94. The molecule has 31 heavy (non-hydrogen) atoms. The lowest BCUT2D eigenvalue weighted by molar-refractivity contribution is -0.131. The average Bonchev–Trinajstić information content (AvgIpc) is 3.14. The Kier molecular flexibility index (Phi) is 7.07. The van der Waals surface area contributed by atoms with Crippen molar-refractivity contribution in [3.8, 4) is 0 Å². The molecule has 1 atom stereocenters. The van der Waals surface area contributed by atoms with Crippen LogP contribution >= 0.6 is 0 Å². The molecule has 0 bridgehead atoms. The minimum atomic E-state index is -1.02. The number of carbonyl (C=O) groups is 2. The van der Waals surface area contributed by atoms with Crippen LogP contribution < -0.4 is 4.90 Å². The number of benzene rings is 1. The SMILES string of the molecule is CC(C)(C)OC(=O)N(c1ccc(/C=C/C(=O)O)cn1)[C@@H]1CCN(Cc2ccccc2)C1. The van der Waals surface area contributed by atoms with E-state index in [0.29, 0.717) is 11.4 Å². The van der Waals surface area contributed by atoms with Gasteiger partial charge in [0.25, 0.3) is 0 Å². The van der Waals surface area contributed by atoms with Gasteiger partial charge in [0, 0.05) is 31.9 Å². The van der Waals surface area contributed by atoms with Gasteiger partial charge in [0.15, 0.2) is 0 Å². The van der Waals surface area contributed by atoms with E-state index in [0.717, 1.165) is 32.1 Å². The van der Waals surface area contributed by atoms with E-state index in [1.165, 1.54) is 11.6 Å². The molecule has 0 unspecified atom stereocenters. The quantitative estimate of drug-likeness (QED) is 0.702. The molecule has 7 heteroatoms. The first kappa shape index (κ1) is 22.5. The zero-order valence-electron chi connectivity index (χ0n) is 18.2. The number of carboxylic acids is 1. The fourth-order valence-electron chi connectivity index (χ4n) is 3.56. The Morgan fingerprint density at radius 2 is 1.97 bits per heavy atom. The van der Waals surface area contributed by atoms with Crippen molar-refractivity contribution in [1.29, 1.82) is 0 Å². The molecule has 1 fully saturated rings. The second kappa shape index (κ2) is 9.75. The van der Waals surface area contributed by atoms with Crippen LogP contribution in [0.3, 0.4) is 0 Å². The maximum Gasteiger partial charge on any atom is 0.416 e. The van der Waals surface area contributed by atoms with Gasteiger partial charge in [0.05, 0.1) is 6.04 Å². The molecule has 0 spiro atoms. The molecular formula is C24H29N3O4. The van der Waals surface area contributed by atoms with E-state index in [1.54, 1.807) is 23.2 Å². The summed E-state index contributed by atoms with van der Waals surface area (Å²) in [4.78, 5) is 32.2. The maximum atomic E-state index is 13.1. The Labute approximate surface area is 183 Å². The summed E-state index contributed by atoms with van der Waals surface area (Å²) < 4.78 is 5.67. The Morgan fingerprint density at radius 1 is 1.23 bits per heavy atom. The fourth-order valence-corrected chi connectivity index (χ4v) is 3.56. The van der Waals surface area contributed by atoms with Crippen LogP contribution in [0.4, 0.5) is 10.6 Å². The van der Waals surface area contributed by atoms with Crippen molar-refractivity contribution in [3.05, 3.63) is 65.9 Å². The van der Waals surface area contributed by atoms with E-state index in [-0.39, 0.29) is 6.04 Å². The van der Waals surface area contributed by atoms with Crippen molar-refractivity contribution in [2.24, 2.45) is 0 Å². The van der Waals surface area contributed by atoms with Crippen LogP contribution in [-0.4, -0.2) is 51.8 Å². The first-order valence-electron chi connectivity index (χ1n) is 10.4. The number of carbonyl (C=O) groups excluding carboxylic acids is 1. The number of hydrogen-bond acceptors (Lipinski definition) is 5. The number of ether oxygens (including phenoxy) is 1. The Morgan fingerprint density at radius 3 is 2.58 bits per heavy atom. The van der Waals surface area contributed by atoms with Crippen LogP contribution in [0.15, 0.2) is 54.7 Å². The first-order valence-corrected chi connectivity index (χ1v) is 10.4. The minimum Gasteiger partial charge on any atom is -0.478 e. The molecular weight excluding hydrogens is 394 g/mol. The standard InChI is InChI=1S/C24H29N3O4/c1-24(2,3)31-23(30)27(21-11-9-18(15-25-21)10-12-22(28)29)20-13-14-26(17-20)16-19-7-5-4-6-8-19/h4-12,15,20H,13-14,16-17H2,1-3H3,(H,28,29)/b12-10+/t20-/m1/s1. The smallest absolute Gasteiger partial charge is 0.416 e. The third kappa shape index (κ3) is 6.65. The van der Waals surface area contributed by atoms with Gasteiger partial charge in [-0.15, -0.1) is 0 Å². The Bertz CT molecular complexity index is 920. The molecule has 1 N–H and O–H groups in total. The normalized spacial score (nSPS) is 17.1. The number of hydrogen-bond donors (Lipinski definition) is 1. The topological polar surface area (TPSA) is 83.0 Å². The van der Waals surface area contributed by atoms with E-state index in [9.17, 15) is 9.59 Å². The highest BCUT2D eigenvalue weighted by atomic mass is 16.6. The summed E-state index contributed by atoms with van der Waals surface area (Å²) >= 11 is 0. The summed E-state index contributed by atoms with van der Waals surface area (Å²) in [6, 6.07) is 13.7. The average molecular weight is 424 g/mol. The molecule has 1 aromatic carbocycles. The zero-order valence-corrected chi connectivity index (χ0v) is 18.2. The molecule has 7 nitrogen and oxygen atoms in total. The van der Waals surface area contributed by atoms with Gasteiger partial charge in [-0.25, -0.2) is 14.6 Å². The van der Waals surface area contributed by atoms with Crippen LogP contribution in [-0.2, 0) is 16.1 Å². The second-order valence-electron chi connectivity index (χ2n) is 8.63. The van der Waals surface area contributed by atoms with Crippen LogP contribution in [0.5, 0.6) is 0 Å². The van der Waals surface area contributed by atoms with E-state index >= 15 is 0 Å². The van der Waals surface area contributed by atoms with Crippen molar-refractivity contribution < 1.29 is 19.4 Å². The lowest BCUT2D eigenvalue weighted by atomic mass is 10.2. The highest BCUT2D eigenvalue weighted by Gasteiger charge is 2.35. The molecule has 1 amide bonds. The van der Waals surface area contributed by atoms with Gasteiger partial charge in [-0.2, -0.15) is 0 Å². The third-order valence-electron chi connectivity index (χ3n) is 4.89. The third-order valence-corrected chi connectivity index (χ3v) is 4.89. The lowest BCUT2D eigenvalue weighted by Gasteiger charge is -2.31. The molecule has 2 aromatic rings. The number of carboxylic acid groups (broad SMARTS) is 1. The number of nitrogens with zero attached hydrogens (tertiary/aromatic N) is 3. The Balaban J connectivity index is 1.78. The largest absolute Gasteiger partial charge is 0.478 e. The van der Waals surface area contributed by atoms with Crippen molar-refractivity contribution in [2.75, 3.05) is 18.0 Å². The molecule has 2 heterocycles. The van der Waals surface area contributed by atoms with Gasteiger partial charge in [-0.3, -0.25) is 9.80 Å². The molecule has 0 saturated carbocycles. The summed E-state index contributed by atoms with van der Waals surface area (Å²) in [5, 5.41) is 8.79. The van der Waals surface area contributed by atoms with Crippen molar-refractivity contribution >= 4 is 24.0 Å². The number of likely N-dealkylation sites (tertiary alicyclic amines) is 1. The Hall–Kier alpha value is -3.19. The number of aromatic nitrogens is 1. The predicted molar refractivity (Wildman–Crippen MR) is 120 cm³/mol. The summed E-state index contributed by atoms with van der Waals surface area (Å²) in [6.07, 6.45) is 4.46. The van der Waals surface area contributed by atoms with Gasteiger partial charge >= 0.3 is 12.1 Å². The number of amides is 1. The van der Waals surface area contributed by atoms with Gasteiger partial charge in [-0.1, -0.05) is 30.3 Å². The maximum absolute atomic E-state index is 13.1. The molecule has 1 aromatic heterocycles. The molecule has 1 aliphatic rings. The van der Waals surface area contributed by atoms with Crippen LogP contribution in [0.2, 0.25) is 0 Å². The van der Waals surface area contributed by atoms with Crippen molar-refractivity contribution in [1.82, 2.24) is 9.88 Å². The summed E-state index contributed by atoms with van der Waals surface area (Å²) in [5.41, 5.74) is 1.26. The summed E-state index contributed by atoms with van der Waals surface area (Å²) in [7, 11) is 0. The highest BCUT2D eigenvalue weighted by Crippen LogP contribution is 2.25. The minimum absolute atomic E-state index is 0.0635. The molecule has 1 aliphatic heterocycles. The van der Waals surface area contributed by atoms with Crippen molar-refractivity contribution in [2.45, 2.75) is 45.4 Å². The number of anilines is 1. The van der Waals surface area contributed by atoms with E-state index in [4.69, 9.17) is 9.84 Å².